The molecule has 1 rings (SSSR count). The minimum atomic E-state index is -4.33. The van der Waals surface area contributed by atoms with Gasteiger partial charge in [0.25, 0.3) is 0 Å². The number of hydrogen-bond donors (Lipinski definition) is 1. The lowest BCUT2D eigenvalue weighted by atomic mass is 10.0. The molecular weight excluding hydrogens is 253 g/mol. The van der Waals surface area contributed by atoms with E-state index in [0.29, 0.717) is 5.69 Å². The summed E-state index contributed by atoms with van der Waals surface area (Å²) in [6, 6.07) is 4.44. The van der Waals surface area contributed by atoms with Crippen LogP contribution in [0, 0.1) is 0 Å². The maximum absolute atomic E-state index is 13.1. The first-order valence-electron chi connectivity index (χ1n) is 6.13. The third kappa shape index (κ3) is 4.74. The second kappa shape index (κ2) is 5.41. The van der Waals surface area contributed by atoms with Gasteiger partial charge in [0.1, 0.15) is 0 Å². The molecule has 0 unspecified atom stereocenters. The Morgan fingerprint density at radius 1 is 1.11 bits per heavy atom. The van der Waals surface area contributed by atoms with E-state index in [1.54, 1.807) is 25.1 Å². The second-order valence-corrected chi connectivity index (χ2v) is 5.84. The highest BCUT2D eigenvalue weighted by Crippen LogP contribution is 2.34. The predicted molar refractivity (Wildman–Crippen MR) is 72.4 cm³/mol. The predicted octanol–water partition coefficient (Wildman–Crippen LogP) is 3.66. The van der Waals surface area contributed by atoms with Crippen molar-refractivity contribution in [2.45, 2.75) is 39.0 Å². The molecule has 1 aromatic rings. The minimum absolute atomic E-state index is 0.200. The van der Waals surface area contributed by atoms with Crippen LogP contribution in [0.3, 0.4) is 0 Å². The molecule has 5 heteroatoms. The molecule has 0 atom stereocenters. The van der Waals surface area contributed by atoms with E-state index in [4.69, 9.17) is 0 Å². The van der Waals surface area contributed by atoms with Crippen LogP contribution in [0.5, 0.6) is 0 Å². The zero-order valence-corrected chi connectivity index (χ0v) is 12.0. The van der Waals surface area contributed by atoms with Gasteiger partial charge >= 0.3 is 6.18 Å². The van der Waals surface area contributed by atoms with Gasteiger partial charge in [-0.05, 0) is 38.5 Å². The van der Waals surface area contributed by atoms with Gasteiger partial charge in [-0.15, -0.1) is 0 Å². The average molecular weight is 274 g/mol. The highest BCUT2D eigenvalue weighted by atomic mass is 19.4. The number of hydrogen-bond acceptors (Lipinski definition) is 2. The first-order chi connectivity index (χ1) is 8.50. The standard InChI is InChI=1S/C14H21F3N2/c1-13(2,3)18-9-10-6-7-11(19(4)5)8-12(10)14(15,16)17/h6-8,18H,9H2,1-5H3. The zero-order valence-electron chi connectivity index (χ0n) is 12.0. The molecule has 1 N–H and O–H groups in total. The van der Waals surface area contributed by atoms with Gasteiger partial charge in [0, 0.05) is 31.9 Å². The highest BCUT2D eigenvalue weighted by molar-refractivity contribution is 5.50. The Hall–Kier alpha value is -1.23. The van der Waals surface area contributed by atoms with Gasteiger partial charge in [0.05, 0.1) is 5.56 Å². The van der Waals surface area contributed by atoms with Crippen molar-refractivity contribution in [2.24, 2.45) is 0 Å². The molecule has 0 fully saturated rings. The van der Waals surface area contributed by atoms with E-state index < -0.39 is 11.7 Å². The number of halogens is 3. The van der Waals surface area contributed by atoms with E-state index in [2.05, 4.69) is 5.32 Å². The summed E-state index contributed by atoms with van der Waals surface area (Å²) < 4.78 is 39.2. The molecular formula is C14H21F3N2. The van der Waals surface area contributed by atoms with Gasteiger partial charge in [-0.1, -0.05) is 6.07 Å². The Balaban J connectivity index is 3.10. The molecule has 0 aromatic heterocycles. The van der Waals surface area contributed by atoms with Crippen LogP contribution >= 0.6 is 0 Å². The minimum Gasteiger partial charge on any atom is -0.378 e. The largest absolute Gasteiger partial charge is 0.416 e. The van der Waals surface area contributed by atoms with Gasteiger partial charge in [-0.3, -0.25) is 0 Å². The van der Waals surface area contributed by atoms with Crippen LogP contribution in [-0.4, -0.2) is 19.6 Å². The third-order valence-corrected chi connectivity index (χ3v) is 2.72. The Bertz CT molecular complexity index is 431. The fourth-order valence-corrected chi connectivity index (χ4v) is 1.62. The van der Waals surface area contributed by atoms with Gasteiger partial charge in [0.2, 0.25) is 0 Å². The molecule has 1 aromatic carbocycles. The van der Waals surface area contributed by atoms with E-state index in [9.17, 15) is 13.2 Å². The quantitative estimate of drug-likeness (QED) is 0.905. The number of rotatable bonds is 3. The fraction of sp³-hybridized carbons (Fsp3) is 0.571. The van der Waals surface area contributed by atoms with Crippen LogP contribution in [0.1, 0.15) is 31.9 Å². The van der Waals surface area contributed by atoms with Gasteiger partial charge in [0.15, 0.2) is 0 Å². The van der Waals surface area contributed by atoms with Crippen LogP contribution in [-0.2, 0) is 12.7 Å². The number of anilines is 1. The first-order valence-corrected chi connectivity index (χ1v) is 6.13. The Labute approximate surface area is 112 Å². The molecule has 0 saturated heterocycles. The number of alkyl halides is 3. The second-order valence-electron chi connectivity index (χ2n) is 5.84. The summed E-state index contributed by atoms with van der Waals surface area (Å²) in [5, 5.41) is 3.09. The summed E-state index contributed by atoms with van der Waals surface area (Å²) in [5.74, 6) is 0. The van der Waals surface area contributed by atoms with E-state index >= 15 is 0 Å². The van der Waals surface area contributed by atoms with E-state index in [1.807, 2.05) is 20.8 Å². The lowest BCUT2D eigenvalue weighted by Gasteiger charge is -2.23. The molecule has 0 saturated carbocycles. The maximum atomic E-state index is 13.1. The van der Waals surface area contributed by atoms with Crippen molar-refractivity contribution in [1.29, 1.82) is 0 Å². The number of nitrogens with one attached hydrogen (secondary N) is 1. The normalized spacial score (nSPS) is 12.6. The van der Waals surface area contributed by atoms with E-state index in [-0.39, 0.29) is 17.6 Å². The molecule has 0 aliphatic heterocycles. The summed E-state index contributed by atoms with van der Waals surface area (Å²) in [4.78, 5) is 1.66. The molecule has 19 heavy (non-hydrogen) atoms. The highest BCUT2D eigenvalue weighted by Gasteiger charge is 2.33. The van der Waals surface area contributed by atoms with Crippen molar-refractivity contribution >= 4 is 5.69 Å². The smallest absolute Gasteiger partial charge is 0.378 e. The summed E-state index contributed by atoms with van der Waals surface area (Å²) >= 11 is 0. The fourth-order valence-electron chi connectivity index (χ4n) is 1.62. The van der Waals surface area contributed by atoms with Gasteiger partial charge in [-0.2, -0.15) is 13.2 Å². The number of benzene rings is 1. The van der Waals surface area contributed by atoms with Crippen molar-refractivity contribution in [2.75, 3.05) is 19.0 Å². The van der Waals surface area contributed by atoms with Crippen LogP contribution in [0.25, 0.3) is 0 Å². The average Bonchev–Trinajstić information content (AvgIpc) is 2.23. The van der Waals surface area contributed by atoms with Gasteiger partial charge in [-0.25, -0.2) is 0 Å². The molecule has 0 amide bonds. The maximum Gasteiger partial charge on any atom is 0.416 e. The third-order valence-electron chi connectivity index (χ3n) is 2.72. The topological polar surface area (TPSA) is 15.3 Å². The molecule has 0 aliphatic carbocycles. The van der Waals surface area contributed by atoms with Gasteiger partial charge < -0.3 is 10.2 Å². The van der Waals surface area contributed by atoms with Crippen molar-refractivity contribution in [3.8, 4) is 0 Å². The van der Waals surface area contributed by atoms with Crippen LogP contribution < -0.4 is 10.2 Å². The van der Waals surface area contributed by atoms with E-state index in [1.165, 1.54) is 12.1 Å². The number of nitrogens with zero attached hydrogens (tertiary/aromatic N) is 1. The molecule has 0 radical (unpaired) electrons. The molecule has 108 valence electrons. The summed E-state index contributed by atoms with van der Waals surface area (Å²) in [7, 11) is 3.45. The lowest BCUT2D eigenvalue weighted by molar-refractivity contribution is -0.138. The Morgan fingerprint density at radius 2 is 1.68 bits per heavy atom. The van der Waals surface area contributed by atoms with Crippen molar-refractivity contribution in [3.05, 3.63) is 29.3 Å². The van der Waals surface area contributed by atoms with E-state index in [0.717, 1.165) is 0 Å². The molecule has 0 heterocycles. The van der Waals surface area contributed by atoms with Crippen molar-refractivity contribution < 1.29 is 13.2 Å². The summed E-state index contributed by atoms with van der Waals surface area (Å²) in [6.45, 7) is 5.98. The molecule has 2 nitrogen and oxygen atoms in total. The Kier molecular flexibility index (Phi) is 4.50. The van der Waals surface area contributed by atoms with Crippen LogP contribution in [0.15, 0.2) is 18.2 Å². The van der Waals surface area contributed by atoms with Crippen LogP contribution in [0.4, 0.5) is 18.9 Å². The zero-order chi connectivity index (χ0) is 14.8. The molecule has 0 bridgehead atoms. The monoisotopic (exact) mass is 274 g/mol. The van der Waals surface area contributed by atoms with Crippen molar-refractivity contribution in [1.82, 2.24) is 5.32 Å². The SMILES string of the molecule is CN(C)c1ccc(CNC(C)(C)C)c(C(F)(F)F)c1. The van der Waals surface area contributed by atoms with Crippen molar-refractivity contribution in [3.63, 3.8) is 0 Å². The Morgan fingerprint density at radius 3 is 2.11 bits per heavy atom. The summed E-state index contributed by atoms with van der Waals surface area (Å²) in [6.07, 6.45) is -4.33. The van der Waals surface area contributed by atoms with Crippen LogP contribution in [0.2, 0.25) is 0 Å². The molecule has 0 spiro atoms. The molecule has 0 aliphatic rings. The summed E-state index contributed by atoms with van der Waals surface area (Å²) in [5.41, 5.74) is 0.0265. The first kappa shape index (κ1) is 15.8. The lowest BCUT2D eigenvalue weighted by Crippen LogP contribution is -2.35.